The molecule has 5 aromatic rings. The third-order valence-electron chi connectivity index (χ3n) is 7.21. The van der Waals surface area contributed by atoms with Crippen LogP contribution in [0.15, 0.2) is 71.5 Å². The molecule has 204 valence electrons. The average molecular weight is 541 g/mol. The number of pyridine rings is 1. The maximum atomic E-state index is 13.5. The third kappa shape index (κ3) is 5.30. The van der Waals surface area contributed by atoms with Gasteiger partial charge in [-0.1, -0.05) is 37.3 Å². The Morgan fingerprint density at radius 3 is 2.62 bits per heavy atom. The van der Waals surface area contributed by atoms with Gasteiger partial charge in [0.1, 0.15) is 5.82 Å². The summed E-state index contributed by atoms with van der Waals surface area (Å²) in [7, 11) is 0. The van der Waals surface area contributed by atoms with Crippen LogP contribution in [0.5, 0.6) is 11.5 Å². The normalized spacial score (nSPS) is 13.3. The van der Waals surface area contributed by atoms with Crippen LogP contribution in [0.4, 0.5) is 4.39 Å². The molecule has 3 aromatic carbocycles. The topological polar surface area (TPSA) is 98.2 Å². The molecule has 1 unspecified atom stereocenters. The number of ether oxygens (including phenoxy) is 2. The van der Waals surface area contributed by atoms with Crippen molar-refractivity contribution in [2.45, 2.75) is 45.9 Å². The van der Waals surface area contributed by atoms with Crippen molar-refractivity contribution in [1.82, 2.24) is 30.1 Å². The molecule has 1 aliphatic rings. The number of nitrogens with zero attached hydrogens (tertiary/aromatic N) is 5. The average Bonchev–Trinajstić information content (AvgIpc) is 3.60. The van der Waals surface area contributed by atoms with Gasteiger partial charge in [0, 0.05) is 24.2 Å². The molecule has 2 aromatic heterocycles. The highest BCUT2D eigenvalue weighted by Crippen LogP contribution is 2.34. The molecule has 1 aliphatic heterocycles. The van der Waals surface area contributed by atoms with Gasteiger partial charge in [0.2, 0.25) is 6.79 Å². The van der Waals surface area contributed by atoms with Gasteiger partial charge in [0.15, 0.2) is 17.3 Å². The van der Waals surface area contributed by atoms with Crippen molar-refractivity contribution in [3.63, 3.8) is 0 Å². The molecule has 0 saturated carbocycles. The molecule has 0 radical (unpaired) electrons. The summed E-state index contributed by atoms with van der Waals surface area (Å²) >= 11 is 0. The summed E-state index contributed by atoms with van der Waals surface area (Å²) in [6, 6.07) is 19.9. The van der Waals surface area contributed by atoms with Gasteiger partial charge in [0.05, 0.1) is 12.6 Å². The molecular formula is C30H29FN6O3. The number of benzene rings is 3. The zero-order valence-corrected chi connectivity index (χ0v) is 22.3. The Balaban J connectivity index is 1.36. The number of tetrazole rings is 1. The zero-order chi connectivity index (χ0) is 27.6. The largest absolute Gasteiger partial charge is 0.454 e. The first-order valence-electron chi connectivity index (χ1n) is 13.2. The fraction of sp³-hybridized carbons (Fsp3) is 0.267. The number of aromatic nitrogens is 5. The van der Waals surface area contributed by atoms with Gasteiger partial charge in [-0.3, -0.25) is 9.69 Å². The van der Waals surface area contributed by atoms with E-state index in [1.807, 2.05) is 49.4 Å². The highest BCUT2D eigenvalue weighted by molar-refractivity contribution is 5.79. The molecule has 0 bridgehead atoms. The fourth-order valence-electron chi connectivity index (χ4n) is 5.18. The summed E-state index contributed by atoms with van der Waals surface area (Å²) in [6.45, 7) is 5.55. The van der Waals surface area contributed by atoms with Crippen LogP contribution in [0.25, 0.3) is 10.9 Å². The minimum Gasteiger partial charge on any atom is -0.454 e. The van der Waals surface area contributed by atoms with E-state index in [2.05, 4.69) is 32.3 Å². The molecule has 9 nitrogen and oxygen atoms in total. The standard InChI is InChI=1S/C30H29FN6O3/c1-3-26(29-33-34-35-37(29)16-20-5-9-24(31)10-6-20)36(15-21-7-11-27-28(13-21)40-18-39-27)17-23-14-22-8-4-19(2)12-25(22)32-30(23)38/h4-14,26H,3,15-18H2,1-2H3,(H,32,38). The molecule has 0 aliphatic carbocycles. The van der Waals surface area contributed by atoms with Gasteiger partial charge in [-0.25, -0.2) is 9.07 Å². The summed E-state index contributed by atoms with van der Waals surface area (Å²) in [4.78, 5) is 18.5. The quantitative estimate of drug-likeness (QED) is 0.284. The number of rotatable bonds is 9. The summed E-state index contributed by atoms with van der Waals surface area (Å²) in [6.07, 6.45) is 0.693. The molecule has 1 atom stereocenters. The number of hydrogen-bond donors (Lipinski definition) is 1. The number of hydrogen-bond acceptors (Lipinski definition) is 7. The number of aromatic amines is 1. The van der Waals surface area contributed by atoms with Crippen LogP contribution in [-0.2, 0) is 19.6 Å². The lowest BCUT2D eigenvalue weighted by Crippen LogP contribution is -2.32. The van der Waals surface area contributed by atoms with E-state index >= 15 is 0 Å². The monoisotopic (exact) mass is 540 g/mol. The Hall–Kier alpha value is -4.57. The molecule has 0 spiro atoms. The van der Waals surface area contributed by atoms with Crippen LogP contribution < -0.4 is 15.0 Å². The number of fused-ring (bicyclic) bond motifs is 2. The first-order chi connectivity index (χ1) is 19.5. The van der Waals surface area contributed by atoms with Crippen LogP contribution in [0.2, 0.25) is 0 Å². The second-order valence-corrected chi connectivity index (χ2v) is 10.1. The predicted octanol–water partition coefficient (Wildman–Crippen LogP) is 4.89. The van der Waals surface area contributed by atoms with Crippen molar-refractivity contribution in [1.29, 1.82) is 0 Å². The molecule has 3 heterocycles. The highest BCUT2D eigenvalue weighted by atomic mass is 19.1. The van der Waals surface area contributed by atoms with E-state index in [0.717, 1.165) is 27.6 Å². The van der Waals surface area contributed by atoms with Crippen LogP contribution in [0.3, 0.4) is 0 Å². The Morgan fingerprint density at radius 2 is 1.80 bits per heavy atom. The first-order valence-corrected chi connectivity index (χ1v) is 13.2. The molecule has 0 saturated heterocycles. The Bertz CT molecular complexity index is 1720. The third-order valence-corrected chi connectivity index (χ3v) is 7.21. The lowest BCUT2D eigenvalue weighted by molar-refractivity contribution is 0.161. The van der Waals surface area contributed by atoms with Crippen LogP contribution >= 0.6 is 0 Å². The van der Waals surface area contributed by atoms with Gasteiger partial charge in [-0.05, 0) is 82.2 Å². The second-order valence-electron chi connectivity index (χ2n) is 10.1. The Labute approximate surface area is 230 Å². The van der Waals surface area contributed by atoms with Crippen LogP contribution in [-0.4, -0.2) is 36.9 Å². The van der Waals surface area contributed by atoms with Gasteiger partial charge in [0.25, 0.3) is 5.56 Å². The van der Waals surface area contributed by atoms with Gasteiger partial charge < -0.3 is 14.5 Å². The Kier molecular flexibility index (Phi) is 7.00. The number of nitrogens with one attached hydrogen (secondary N) is 1. The molecule has 6 rings (SSSR count). The number of H-pyrrole nitrogens is 1. The first kappa shape index (κ1) is 25.7. The van der Waals surface area contributed by atoms with E-state index in [0.29, 0.717) is 48.9 Å². The summed E-state index contributed by atoms with van der Waals surface area (Å²) in [5, 5.41) is 13.6. The summed E-state index contributed by atoms with van der Waals surface area (Å²) in [5.41, 5.74) is 4.30. The van der Waals surface area contributed by atoms with Crippen LogP contribution in [0, 0.1) is 12.7 Å². The van der Waals surface area contributed by atoms with Crippen molar-refractivity contribution in [3.05, 3.63) is 111 Å². The van der Waals surface area contributed by atoms with Crippen molar-refractivity contribution in [3.8, 4) is 11.5 Å². The number of aryl methyl sites for hydroxylation is 1. The van der Waals surface area contributed by atoms with E-state index in [1.165, 1.54) is 12.1 Å². The van der Waals surface area contributed by atoms with Gasteiger partial charge in [-0.2, -0.15) is 0 Å². The lowest BCUT2D eigenvalue weighted by Gasteiger charge is -2.30. The molecule has 0 fully saturated rings. The Morgan fingerprint density at radius 1 is 1.00 bits per heavy atom. The van der Waals surface area contributed by atoms with Gasteiger partial charge >= 0.3 is 0 Å². The fourth-order valence-corrected chi connectivity index (χ4v) is 5.18. The summed E-state index contributed by atoms with van der Waals surface area (Å²) in [5.74, 6) is 1.79. The lowest BCUT2D eigenvalue weighted by atomic mass is 10.1. The molecular weight excluding hydrogens is 511 g/mol. The van der Waals surface area contributed by atoms with Crippen molar-refractivity contribution < 1.29 is 13.9 Å². The highest BCUT2D eigenvalue weighted by Gasteiger charge is 2.27. The van der Waals surface area contributed by atoms with E-state index in [1.54, 1.807) is 16.8 Å². The van der Waals surface area contributed by atoms with E-state index in [4.69, 9.17) is 9.47 Å². The predicted molar refractivity (Wildman–Crippen MR) is 147 cm³/mol. The van der Waals surface area contributed by atoms with Crippen LogP contribution in [0.1, 0.15) is 47.5 Å². The van der Waals surface area contributed by atoms with Crippen molar-refractivity contribution >= 4 is 10.9 Å². The number of halogens is 1. The second kappa shape index (κ2) is 10.9. The van der Waals surface area contributed by atoms with E-state index in [9.17, 15) is 9.18 Å². The molecule has 0 amide bonds. The van der Waals surface area contributed by atoms with Gasteiger partial charge in [-0.15, -0.1) is 5.10 Å². The van der Waals surface area contributed by atoms with Crippen molar-refractivity contribution in [2.24, 2.45) is 0 Å². The maximum absolute atomic E-state index is 13.5. The van der Waals surface area contributed by atoms with E-state index in [-0.39, 0.29) is 24.2 Å². The van der Waals surface area contributed by atoms with Crippen molar-refractivity contribution in [2.75, 3.05) is 6.79 Å². The molecule has 10 heteroatoms. The zero-order valence-electron chi connectivity index (χ0n) is 22.3. The molecule has 40 heavy (non-hydrogen) atoms. The molecule has 1 N–H and O–H groups in total. The smallest absolute Gasteiger partial charge is 0.252 e. The SMILES string of the molecule is CCC(c1nnnn1Cc1ccc(F)cc1)N(Cc1ccc2c(c1)OCO2)Cc1cc2ccc(C)cc2[nH]c1=O. The summed E-state index contributed by atoms with van der Waals surface area (Å²) < 4.78 is 26.3. The minimum atomic E-state index is -0.294. The maximum Gasteiger partial charge on any atom is 0.252 e. The van der Waals surface area contributed by atoms with E-state index < -0.39 is 0 Å². The minimum absolute atomic E-state index is 0.130.